The minimum Gasteiger partial charge on any atom is -0.484 e. The molecule has 2 aromatic carbocycles. The van der Waals surface area contributed by atoms with E-state index in [0.29, 0.717) is 22.3 Å². The maximum atomic E-state index is 13.4. The number of nitro benzene ring substituents is 2. The Kier molecular flexibility index (Phi) is 8.36. The van der Waals surface area contributed by atoms with Crippen LogP contribution in [-0.2, 0) is 4.79 Å². The van der Waals surface area contributed by atoms with Crippen molar-refractivity contribution in [2.24, 2.45) is 0 Å². The number of hydrogen-bond donors (Lipinski definition) is 0. The van der Waals surface area contributed by atoms with E-state index in [9.17, 15) is 25.0 Å². The highest BCUT2D eigenvalue weighted by Gasteiger charge is 2.30. The highest BCUT2D eigenvalue weighted by molar-refractivity contribution is 5.92. The van der Waals surface area contributed by atoms with Gasteiger partial charge in [-0.1, -0.05) is 13.8 Å². The summed E-state index contributed by atoms with van der Waals surface area (Å²) in [5.41, 5.74) is 2.01. The maximum absolute atomic E-state index is 13.4. The third-order valence-electron chi connectivity index (χ3n) is 5.60. The van der Waals surface area contributed by atoms with E-state index in [1.807, 2.05) is 0 Å². The Balaban J connectivity index is 2.48. The number of hydrogen-bond acceptors (Lipinski definition) is 7. The first kappa shape index (κ1) is 26.8. The molecule has 0 aliphatic carbocycles. The Hall–Kier alpha value is -3.49. The summed E-state index contributed by atoms with van der Waals surface area (Å²) >= 11 is 0. The van der Waals surface area contributed by atoms with E-state index in [1.54, 1.807) is 67.5 Å². The Bertz CT molecular complexity index is 1020. The molecule has 0 aliphatic heterocycles. The average molecular weight is 473 g/mol. The number of benzene rings is 2. The fraction of sp³-hybridized carbons (Fsp3) is 0.480. The van der Waals surface area contributed by atoms with Gasteiger partial charge in [0, 0.05) is 24.0 Å². The molecule has 0 saturated carbocycles. The van der Waals surface area contributed by atoms with E-state index < -0.39 is 21.7 Å². The summed E-state index contributed by atoms with van der Waals surface area (Å²) in [7, 11) is 0. The number of nitrogens with zero attached hydrogens (tertiary/aromatic N) is 2. The van der Waals surface area contributed by atoms with E-state index in [0.717, 1.165) is 0 Å². The van der Waals surface area contributed by atoms with Crippen molar-refractivity contribution >= 4 is 17.2 Å². The quantitative estimate of drug-likeness (QED) is 0.299. The minimum atomic E-state index is -0.674. The molecule has 0 spiro atoms. The molecular weight excluding hydrogens is 440 g/mol. The molecule has 2 atom stereocenters. The topological polar surface area (TPSA) is 122 Å². The third kappa shape index (κ3) is 5.89. The summed E-state index contributed by atoms with van der Waals surface area (Å²) in [5, 5.41) is 23.3. The van der Waals surface area contributed by atoms with Crippen LogP contribution in [-0.4, -0.2) is 27.8 Å². The van der Waals surface area contributed by atoms with E-state index in [2.05, 4.69) is 0 Å². The highest BCUT2D eigenvalue weighted by Crippen LogP contribution is 2.39. The van der Waals surface area contributed by atoms with Gasteiger partial charge in [-0.15, -0.1) is 0 Å². The lowest BCUT2D eigenvalue weighted by atomic mass is 9.82. The molecule has 0 N–H and O–H groups in total. The molecule has 9 nitrogen and oxygen atoms in total. The normalized spacial score (nSPS) is 13.0. The van der Waals surface area contributed by atoms with E-state index in [-0.39, 0.29) is 40.9 Å². The molecule has 2 unspecified atom stereocenters. The fourth-order valence-electron chi connectivity index (χ4n) is 3.97. The second-order valence-electron chi connectivity index (χ2n) is 9.05. The molecule has 184 valence electrons. The summed E-state index contributed by atoms with van der Waals surface area (Å²) < 4.78 is 11.2. The van der Waals surface area contributed by atoms with Crippen LogP contribution in [0.25, 0.3) is 0 Å². The van der Waals surface area contributed by atoms with Crippen LogP contribution in [0.1, 0.15) is 75.6 Å². The van der Waals surface area contributed by atoms with Gasteiger partial charge < -0.3 is 9.47 Å². The van der Waals surface area contributed by atoms with Gasteiger partial charge in [-0.2, -0.15) is 0 Å². The van der Waals surface area contributed by atoms with Gasteiger partial charge in [-0.05, 0) is 75.9 Å². The van der Waals surface area contributed by atoms with Gasteiger partial charge in [0.1, 0.15) is 5.78 Å². The zero-order chi connectivity index (χ0) is 25.9. The predicted octanol–water partition coefficient (Wildman–Crippen LogP) is 6.17. The Morgan fingerprint density at radius 1 is 0.706 bits per heavy atom. The van der Waals surface area contributed by atoms with Crippen LogP contribution in [0.15, 0.2) is 24.3 Å². The Morgan fingerprint density at radius 3 is 1.29 bits per heavy atom. The van der Waals surface area contributed by atoms with Crippen molar-refractivity contribution in [3.05, 3.63) is 66.7 Å². The molecule has 0 saturated heterocycles. The molecule has 0 radical (unpaired) electrons. The van der Waals surface area contributed by atoms with Crippen molar-refractivity contribution in [2.45, 2.75) is 79.4 Å². The molecule has 2 aromatic rings. The van der Waals surface area contributed by atoms with Crippen LogP contribution >= 0.6 is 0 Å². The molecule has 0 aromatic heterocycles. The number of Topliss-reactive ketones (excluding diaryl/α,β-unsaturated/α-hetero) is 1. The molecule has 0 aliphatic rings. The molecule has 34 heavy (non-hydrogen) atoms. The molecular formula is C25H32N2O7. The molecule has 0 heterocycles. The van der Waals surface area contributed by atoms with Crippen LogP contribution in [0.3, 0.4) is 0 Å². The van der Waals surface area contributed by atoms with Crippen molar-refractivity contribution in [3.63, 3.8) is 0 Å². The number of ketones is 1. The van der Waals surface area contributed by atoms with Gasteiger partial charge in [-0.25, -0.2) is 0 Å². The number of nitro groups is 2. The van der Waals surface area contributed by atoms with Crippen molar-refractivity contribution in [3.8, 4) is 11.5 Å². The Morgan fingerprint density at radius 2 is 1.03 bits per heavy atom. The number of rotatable bonds is 10. The van der Waals surface area contributed by atoms with Gasteiger partial charge in [0.2, 0.25) is 0 Å². The first-order chi connectivity index (χ1) is 15.7. The zero-order valence-electron chi connectivity index (χ0n) is 20.9. The van der Waals surface area contributed by atoms with Gasteiger partial charge >= 0.3 is 11.4 Å². The lowest BCUT2D eigenvalue weighted by Crippen LogP contribution is -2.19. The van der Waals surface area contributed by atoms with E-state index in [4.69, 9.17) is 9.47 Å². The van der Waals surface area contributed by atoms with Crippen LogP contribution in [0.2, 0.25) is 0 Å². The smallest absolute Gasteiger partial charge is 0.311 e. The number of carbonyl (C=O) groups excluding carboxylic acids is 1. The standard InChI is InChI=1S/C25H32N2O7/c1-13(2)33-23-9-15(5)19(11-21(23)26(29)30)17(7)25(28)18(8)20-12-22(27(31)32)24(10-16(20)6)34-14(3)4/h9-14,17-18H,1-8H3. The molecule has 9 heteroatoms. The first-order valence-electron chi connectivity index (χ1n) is 11.2. The summed E-state index contributed by atoms with van der Waals surface area (Å²) in [6.45, 7) is 14.0. The Labute approximate surface area is 199 Å². The summed E-state index contributed by atoms with van der Waals surface area (Å²) in [4.78, 5) is 35.7. The number of carbonyl (C=O) groups is 1. The maximum Gasteiger partial charge on any atom is 0.311 e. The minimum absolute atomic E-state index is 0.154. The lowest BCUT2D eigenvalue weighted by Gasteiger charge is -2.21. The SMILES string of the molecule is Cc1cc(OC(C)C)c([N+](=O)[O-])cc1C(C)C(=O)C(C)c1cc([N+](=O)[O-])c(OC(C)C)cc1C. The third-order valence-corrected chi connectivity index (χ3v) is 5.60. The lowest BCUT2D eigenvalue weighted by molar-refractivity contribution is -0.386. The van der Waals surface area contributed by atoms with Gasteiger partial charge in [-0.3, -0.25) is 25.0 Å². The number of aryl methyl sites for hydroxylation is 2. The first-order valence-corrected chi connectivity index (χ1v) is 11.2. The van der Waals surface area contributed by atoms with Crippen molar-refractivity contribution < 1.29 is 24.1 Å². The van der Waals surface area contributed by atoms with Crippen molar-refractivity contribution in [1.82, 2.24) is 0 Å². The molecule has 0 bridgehead atoms. The van der Waals surface area contributed by atoms with Gasteiger partial charge in [0.05, 0.1) is 22.1 Å². The van der Waals surface area contributed by atoms with Crippen LogP contribution in [0.4, 0.5) is 11.4 Å². The summed E-state index contributed by atoms with van der Waals surface area (Å²) in [6, 6.07) is 5.93. The second-order valence-corrected chi connectivity index (χ2v) is 9.05. The molecule has 0 amide bonds. The molecule has 0 fully saturated rings. The fourth-order valence-corrected chi connectivity index (χ4v) is 3.97. The highest BCUT2D eigenvalue weighted by atomic mass is 16.6. The second kappa shape index (κ2) is 10.6. The molecule has 2 rings (SSSR count). The van der Waals surface area contributed by atoms with Gasteiger partial charge in [0.25, 0.3) is 0 Å². The van der Waals surface area contributed by atoms with Crippen LogP contribution in [0.5, 0.6) is 11.5 Å². The predicted molar refractivity (Wildman–Crippen MR) is 129 cm³/mol. The van der Waals surface area contributed by atoms with Crippen molar-refractivity contribution in [2.75, 3.05) is 0 Å². The summed E-state index contributed by atoms with van der Waals surface area (Å²) in [5.74, 6) is -1.24. The largest absolute Gasteiger partial charge is 0.484 e. The van der Waals surface area contributed by atoms with Crippen LogP contribution in [0, 0.1) is 34.1 Å². The monoisotopic (exact) mass is 472 g/mol. The summed E-state index contributed by atoms with van der Waals surface area (Å²) in [6.07, 6.45) is -0.492. The number of ether oxygens (including phenoxy) is 2. The van der Waals surface area contributed by atoms with Crippen molar-refractivity contribution in [1.29, 1.82) is 0 Å². The van der Waals surface area contributed by atoms with E-state index in [1.165, 1.54) is 12.1 Å². The van der Waals surface area contributed by atoms with Gasteiger partial charge in [0.15, 0.2) is 11.5 Å². The van der Waals surface area contributed by atoms with E-state index >= 15 is 0 Å². The van der Waals surface area contributed by atoms with Crippen LogP contribution < -0.4 is 9.47 Å². The average Bonchev–Trinajstić information content (AvgIpc) is 2.71. The zero-order valence-corrected chi connectivity index (χ0v) is 20.9.